The van der Waals surface area contributed by atoms with E-state index in [1.54, 1.807) is 0 Å². The maximum absolute atomic E-state index is 2.21. The molecule has 0 spiro atoms. The van der Waals surface area contributed by atoms with Crippen LogP contribution in [0.5, 0.6) is 0 Å². The lowest BCUT2D eigenvalue weighted by atomic mass is 10.1. The second-order valence-electron chi connectivity index (χ2n) is 4.74. The topological polar surface area (TPSA) is 0 Å². The predicted octanol–water partition coefficient (Wildman–Crippen LogP) is 5.57. The van der Waals surface area contributed by atoms with Gasteiger partial charge < -0.3 is 0 Å². The average molecular weight is 256 g/mol. The first-order valence-corrected chi connectivity index (χ1v) is 6.80. The lowest BCUT2D eigenvalue weighted by molar-refractivity contribution is 1.66. The highest BCUT2D eigenvalue weighted by Crippen LogP contribution is 2.16. The third kappa shape index (κ3) is 3.04. The Kier molecular flexibility index (Phi) is 3.75. The van der Waals surface area contributed by atoms with Crippen molar-refractivity contribution in [2.75, 3.05) is 0 Å². The van der Waals surface area contributed by atoms with Gasteiger partial charge in [-0.2, -0.15) is 0 Å². The third-order valence-corrected chi connectivity index (χ3v) is 3.26. The molecule has 0 atom stereocenters. The van der Waals surface area contributed by atoms with Crippen LogP contribution in [0.15, 0.2) is 84.9 Å². The average Bonchev–Trinajstić information content (AvgIpc) is 2.52. The molecule has 3 aromatic carbocycles. The van der Waals surface area contributed by atoms with Gasteiger partial charge >= 0.3 is 0 Å². The van der Waals surface area contributed by atoms with Gasteiger partial charge in [0.1, 0.15) is 0 Å². The lowest BCUT2D eigenvalue weighted by Crippen LogP contribution is -1.74. The Balaban J connectivity index is 1.76. The van der Waals surface area contributed by atoms with Gasteiger partial charge in [0.2, 0.25) is 0 Å². The predicted molar refractivity (Wildman–Crippen MR) is 88.5 cm³/mol. The maximum atomic E-state index is 2.21. The van der Waals surface area contributed by atoms with E-state index in [2.05, 4.69) is 78.9 Å². The third-order valence-electron chi connectivity index (χ3n) is 3.26. The van der Waals surface area contributed by atoms with Crippen LogP contribution in [0.2, 0.25) is 0 Å². The minimum atomic E-state index is 1.22. The second-order valence-corrected chi connectivity index (χ2v) is 4.74. The Morgan fingerprint density at radius 3 is 1.95 bits per heavy atom. The fourth-order valence-electron chi connectivity index (χ4n) is 2.21. The molecule has 0 fully saturated rings. The van der Waals surface area contributed by atoms with Crippen molar-refractivity contribution in [2.45, 2.75) is 0 Å². The van der Waals surface area contributed by atoms with Gasteiger partial charge in [-0.1, -0.05) is 91.0 Å². The van der Waals surface area contributed by atoms with Gasteiger partial charge in [-0.15, -0.1) is 0 Å². The first kappa shape index (κ1) is 12.4. The number of fused-ring (bicyclic) bond motifs is 1. The molecule has 20 heavy (non-hydrogen) atoms. The number of benzene rings is 3. The minimum absolute atomic E-state index is 1.22. The fourth-order valence-corrected chi connectivity index (χ4v) is 2.21. The van der Waals surface area contributed by atoms with Crippen molar-refractivity contribution in [3.8, 4) is 0 Å². The molecule has 0 saturated heterocycles. The van der Waals surface area contributed by atoms with Gasteiger partial charge in [-0.3, -0.25) is 0 Å². The molecule has 0 aromatic heterocycles. The molecule has 0 bridgehead atoms. The zero-order valence-electron chi connectivity index (χ0n) is 11.2. The van der Waals surface area contributed by atoms with E-state index in [4.69, 9.17) is 0 Å². The molecule has 0 heteroatoms. The quantitative estimate of drug-likeness (QED) is 0.538. The summed E-state index contributed by atoms with van der Waals surface area (Å²) in [5, 5.41) is 2.56. The van der Waals surface area contributed by atoms with Gasteiger partial charge in [0.25, 0.3) is 0 Å². The summed E-state index contributed by atoms with van der Waals surface area (Å²) in [5.74, 6) is 0. The number of hydrogen-bond donors (Lipinski definition) is 0. The minimum Gasteiger partial charge on any atom is -0.0622 e. The molecule has 0 aliphatic carbocycles. The Hall–Kier alpha value is -2.60. The number of rotatable bonds is 3. The van der Waals surface area contributed by atoms with Crippen molar-refractivity contribution >= 4 is 22.9 Å². The SMILES string of the molecule is C(/C=C\c1ccc2ccccc2c1)=C/c1ccccc1. The normalized spacial score (nSPS) is 11.6. The summed E-state index contributed by atoms with van der Waals surface area (Å²) in [5.41, 5.74) is 2.44. The fraction of sp³-hybridized carbons (Fsp3) is 0. The van der Waals surface area contributed by atoms with Crippen LogP contribution < -0.4 is 0 Å². The van der Waals surface area contributed by atoms with Crippen molar-refractivity contribution < 1.29 is 0 Å². The molecule has 0 unspecified atom stereocenters. The van der Waals surface area contributed by atoms with Crippen molar-refractivity contribution in [1.82, 2.24) is 0 Å². The van der Waals surface area contributed by atoms with Crippen molar-refractivity contribution in [3.05, 3.63) is 96.1 Å². The number of hydrogen-bond acceptors (Lipinski definition) is 0. The monoisotopic (exact) mass is 256 g/mol. The molecular formula is C20H16. The molecule has 0 N–H and O–H groups in total. The zero-order chi connectivity index (χ0) is 13.6. The van der Waals surface area contributed by atoms with Crippen LogP contribution in [-0.4, -0.2) is 0 Å². The van der Waals surface area contributed by atoms with Crippen LogP contribution in [-0.2, 0) is 0 Å². The van der Waals surface area contributed by atoms with E-state index < -0.39 is 0 Å². The van der Waals surface area contributed by atoms with Crippen molar-refractivity contribution in [3.63, 3.8) is 0 Å². The second kappa shape index (κ2) is 6.03. The maximum Gasteiger partial charge on any atom is -0.0178 e. The first-order valence-electron chi connectivity index (χ1n) is 6.80. The van der Waals surface area contributed by atoms with E-state index in [1.807, 2.05) is 18.2 Å². The highest BCUT2D eigenvalue weighted by atomic mass is 14.0. The summed E-state index contributed by atoms with van der Waals surface area (Å²) in [6.07, 6.45) is 8.39. The molecule has 0 amide bonds. The van der Waals surface area contributed by atoms with Crippen LogP contribution in [0.4, 0.5) is 0 Å². The van der Waals surface area contributed by atoms with Gasteiger partial charge in [0.15, 0.2) is 0 Å². The molecule has 0 radical (unpaired) electrons. The summed E-state index contributed by atoms with van der Waals surface area (Å²) in [4.78, 5) is 0. The van der Waals surface area contributed by atoms with E-state index in [9.17, 15) is 0 Å². The lowest BCUT2D eigenvalue weighted by Gasteiger charge is -1.98. The summed E-state index contributed by atoms with van der Waals surface area (Å²) in [6, 6.07) is 25.3. The van der Waals surface area contributed by atoms with Gasteiger partial charge in [-0.05, 0) is 28.0 Å². The molecule has 0 nitrogen and oxygen atoms in total. The molecule has 3 rings (SSSR count). The van der Waals surface area contributed by atoms with Gasteiger partial charge in [-0.25, -0.2) is 0 Å². The molecule has 0 saturated carbocycles. The molecular weight excluding hydrogens is 240 g/mol. The van der Waals surface area contributed by atoms with Gasteiger partial charge in [0, 0.05) is 0 Å². The molecule has 0 aliphatic heterocycles. The van der Waals surface area contributed by atoms with Crippen molar-refractivity contribution in [1.29, 1.82) is 0 Å². The van der Waals surface area contributed by atoms with Crippen LogP contribution in [0.3, 0.4) is 0 Å². The summed E-state index contributed by atoms with van der Waals surface area (Å²) in [6.45, 7) is 0. The smallest absolute Gasteiger partial charge is 0.0178 e. The van der Waals surface area contributed by atoms with Crippen LogP contribution in [0.25, 0.3) is 22.9 Å². The molecule has 0 aliphatic rings. The van der Waals surface area contributed by atoms with Crippen LogP contribution >= 0.6 is 0 Å². The van der Waals surface area contributed by atoms with E-state index in [0.29, 0.717) is 0 Å². The summed E-state index contributed by atoms with van der Waals surface area (Å²) >= 11 is 0. The largest absolute Gasteiger partial charge is 0.0622 e. The first-order chi connectivity index (χ1) is 9.92. The Bertz CT molecular complexity index is 749. The Morgan fingerprint density at radius 2 is 1.15 bits per heavy atom. The highest BCUT2D eigenvalue weighted by Gasteiger charge is 1.91. The Labute approximate surface area is 119 Å². The molecule has 3 aromatic rings. The standard InChI is InChI=1S/C20H16/c1-2-8-17(9-3-1)10-4-5-11-18-14-15-19-12-6-7-13-20(19)16-18/h1-16H/b10-4-,11-5-. The van der Waals surface area contributed by atoms with E-state index in [-0.39, 0.29) is 0 Å². The molecule has 96 valence electrons. The number of allylic oxidation sites excluding steroid dienone is 2. The van der Waals surface area contributed by atoms with Crippen LogP contribution in [0, 0.1) is 0 Å². The van der Waals surface area contributed by atoms with Gasteiger partial charge in [0.05, 0.1) is 0 Å². The van der Waals surface area contributed by atoms with E-state index >= 15 is 0 Å². The van der Waals surface area contributed by atoms with E-state index in [1.165, 1.54) is 21.9 Å². The molecule has 0 heterocycles. The van der Waals surface area contributed by atoms with Crippen LogP contribution in [0.1, 0.15) is 11.1 Å². The van der Waals surface area contributed by atoms with E-state index in [0.717, 1.165) is 0 Å². The summed E-state index contributed by atoms with van der Waals surface area (Å²) < 4.78 is 0. The Morgan fingerprint density at radius 1 is 0.500 bits per heavy atom. The van der Waals surface area contributed by atoms with Crippen molar-refractivity contribution in [2.24, 2.45) is 0 Å². The summed E-state index contributed by atoms with van der Waals surface area (Å²) in [7, 11) is 0. The zero-order valence-corrected chi connectivity index (χ0v) is 11.2. The highest BCUT2D eigenvalue weighted by molar-refractivity contribution is 5.84.